The molecule has 1 amide bonds. The molecule has 0 aromatic heterocycles. The van der Waals surface area contributed by atoms with Crippen molar-refractivity contribution in [1.29, 1.82) is 0 Å². The van der Waals surface area contributed by atoms with Crippen molar-refractivity contribution in [2.75, 3.05) is 20.1 Å². The number of likely N-dealkylation sites (tertiary alicyclic amines) is 1. The molecule has 0 bridgehead atoms. The summed E-state index contributed by atoms with van der Waals surface area (Å²) in [6.45, 7) is 1.52. The Morgan fingerprint density at radius 1 is 1.42 bits per heavy atom. The number of piperidine rings is 1. The number of aliphatic imine (C=N–C) groups is 1. The molecule has 1 aliphatic rings. The topological polar surface area (TPSA) is 80.0 Å². The predicted octanol–water partition coefficient (Wildman–Crippen LogP) is 2.25. The van der Waals surface area contributed by atoms with Crippen molar-refractivity contribution < 1.29 is 22.7 Å². The lowest BCUT2D eigenvalue weighted by atomic mass is 9.95. The van der Waals surface area contributed by atoms with Crippen LogP contribution in [0.25, 0.3) is 0 Å². The van der Waals surface area contributed by atoms with E-state index < -0.39 is 6.36 Å². The number of rotatable bonds is 5. The van der Waals surface area contributed by atoms with Crippen molar-refractivity contribution >= 4 is 11.9 Å². The van der Waals surface area contributed by atoms with Gasteiger partial charge in [-0.3, -0.25) is 9.79 Å². The normalized spacial score (nSPS) is 18.5. The molecule has 26 heavy (non-hydrogen) atoms. The number of amides is 1. The number of para-hydroxylation sites is 1. The molecule has 0 radical (unpaired) electrons. The van der Waals surface area contributed by atoms with E-state index in [0.29, 0.717) is 24.5 Å². The minimum absolute atomic E-state index is 0.135. The number of alkyl halides is 3. The molecule has 1 unspecified atom stereocenters. The fourth-order valence-electron chi connectivity index (χ4n) is 3.09. The van der Waals surface area contributed by atoms with E-state index in [0.717, 1.165) is 19.4 Å². The van der Waals surface area contributed by atoms with Crippen LogP contribution in [0.15, 0.2) is 29.3 Å². The van der Waals surface area contributed by atoms with Crippen LogP contribution < -0.4 is 15.8 Å². The summed E-state index contributed by atoms with van der Waals surface area (Å²) >= 11 is 0. The number of primary amides is 1. The van der Waals surface area contributed by atoms with Gasteiger partial charge in [0.2, 0.25) is 5.91 Å². The lowest BCUT2D eigenvalue weighted by molar-refractivity contribution is -0.274. The first-order chi connectivity index (χ1) is 12.3. The van der Waals surface area contributed by atoms with Crippen LogP contribution in [-0.2, 0) is 11.3 Å². The van der Waals surface area contributed by atoms with Crippen LogP contribution in [0.4, 0.5) is 13.2 Å². The summed E-state index contributed by atoms with van der Waals surface area (Å²) in [5.41, 5.74) is 5.64. The number of halogens is 3. The highest BCUT2D eigenvalue weighted by Crippen LogP contribution is 2.26. The fourth-order valence-corrected chi connectivity index (χ4v) is 3.09. The van der Waals surface area contributed by atoms with Crippen molar-refractivity contribution in [1.82, 2.24) is 10.2 Å². The number of carbonyl (C=O) groups excluding carboxylic acids is 1. The van der Waals surface area contributed by atoms with Crippen LogP contribution >= 0.6 is 0 Å². The third-order valence-corrected chi connectivity index (χ3v) is 4.16. The Morgan fingerprint density at radius 2 is 2.15 bits per heavy atom. The van der Waals surface area contributed by atoms with Gasteiger partial charge in [-0.2, -0.15) is 0 Å². The molecule has 1 aromatic carbocycles. The van der Waals surface area contributed by atoms with Gasteiger partial charge < -0.3 is 20.7 Å². The van der Waals surface area contributed by atoms with E-state index >= 15 is 0 Å². The van der Waals surface area contributed by atoms with E-state index in [1.54, 1.807) is 19.2 Å². The Bertz CT molecular complexity index is 649. The van der Waals surface area contributed by atoms with Crippen LogP contribution in [0.5, 0.6) is 5.75 Å². The molecule has 3 N–H and O–H groups in total. The third-order valence-electron chi connectivity index (χ3n) is 4.16. The van der Waals surface area contributed by atoms with Gasteiger partial charge in [0, 0.05) is 38.7 Å². The SMILES string of the molecule is CN=C(NCc1ccccc1OC(F)(F)F)N1CCCC(CC(N)=O)C1. The second-order valence-electron chi connectivity index (χ2n) is 6.18. The first-order valence-electron chi connectivity index (χ1n) is 8.36. The van der Waals surface area contributed by atoms with E-state index in [1.165, 1.54) is 12.1 Å². The fraction of sp³-hybridized carbons (Fsp3) is 0.529. The molecule has 0 spiro atoms. The van der Waals surface area contributed by atoms with Gasteiger partial charge in [0.25, 0.3) is 0 Å². The minimum atomic E-state index is -4.74. The molecule has 1 heterocycles. The van der Waals surface area contributed by atoms with Crippen LogP contribution in [0.1, 0.15) is 24.8 Å². The number of ether oxygens (including phenoxy) is 1. The molecule has 1 aliphatic heterocycles. The Labute approximate surface area is 150 Å². The van der Waals surface area contributed by atoms with Gasteiger partial charge in [0.1, 0.15) is 5.75 Å². The second kappa shape index (κ2) is 8.77. The van der Waals surface area contributed by atoms with Crippen LogP contribution in [-0.4, -0.2) is 43.3 Å². The summed E-state index contributed by atoms with van der Waals surface area (Å²) in [7, 11) is 1.61. The molecule has 1 atom stereocenters. The molecule has 144 valence electrons. The number of guanidine groups is 1. The number of nitrogens with two attached hydrogens (primary N) is 1. The predicted molar refractivity (Wildman–Crippen MR) is 91.4 cm³/mol. The summed E-state index contributed by atoms with van der Waals surface area (Å²) < 4.78 is 41.6. The van der Waals surface area contributed by atoms with E-state index in [4.69, 9.17) is 5.73 Å². The van der Waals surface area contributed by atoms with Crippen LogP contribution in [0.3, 0.4) is 0 Å². The number of carbonyl (C=O) groups is 1. The molecular weight excluding hydrogens is 349 g/mol. The lowest BCUT2D eigenvalue weighted by Gasteiger charge is -2.34. The van der Waals surface area contributed by atoms with E-state index in [9.17, 15) is 18.0 Å². The van der Waals surface area contributed by atoms with Crippen molar-refractivity contribution in [3.8, 4) is 5.75 Å². The molecule has 1 aromatic rings. The van der Waals surface area contributed by atoms with Crippen LogP contribution in [0.2, 0.25) is 0 Å². The van der Waals surface area contributed by atoms with Gasteiger partial charge in [-0.05, 0) is 24.8 Å². The highest BCUT2D eigenvalue weighted by Gasteiger charge is 2.32. The van der Waals surface area contributed by atoms with Gasteiger partial charge >= 0.3 is 6.36 Å². The summed E-state index contributed by atoms with van der Waals surface area (Å²) in [6.07, 6.45) is -2.62. The second-order valence-corrected chi connectivity index (χ2v) is 6.18. The Balaban J connectivity index is 2.00. The number of benzene rings is 1. The standard InChI is InChI=1S/C17H23F3N4O2/c1-22-16(24-8-4-5-12(11-24)9-15(21)25)23-10-13-6-2-3-7-14(13)26-17(18,19)20/h2-3,6-7,12H,4-5,8-11H2,1H3,(H2,21,25)(H,22,23). The maximum atomic E-state index is 12.5. The number of nitrogens with one attached hydrogen (secondary N) is 1. The number of hydrogen-bond acceptors (Lipinski definition) is 3. The summed E-state index contributed by atoms with van der Waals surface area (Å²) in [5, 5.41) is 3.07. The Hall–Kier alpha value is -2.45. The van der Waals surface area contributed by atoms with Gasteiger partial charge in [0.05, 0.1) is 0 Å². The number of nitrogens with zero attached hydrogens (tertiary/aromatic N) is 2. The lowest BCUT2D eigenvalue weighted by Crippen LogP contribution is -2.47. The zero-order valence-electron chi connectivity index (χ0n) is 14.6. The van der Waals surface area contributed by atoms with E-state index in [-0.39, 0.29) is 24.1 Å². The minimum Gasteiger partial charge on any atom is -0.405 e. The van der Waals surface area contributed by atoms with Crippen molar-refractivity contribution in [3.63, 3.8) is 0 Å². The molecule has 0 saturated carbocycles. The first-order valence-corrected chi connectivity index (χ1v) is 8.36. The molecule has 6 nitrogen and oxygen atoms in total. The molecular formula is C17H23F3N4O2. The third kappa shape index (κ3) is 6.12. The summed E-state index contributed by atoms with van der Waals surface area (Å²) in [6, 6.07) is 5.97. The van der Waals surface area contributed by atoms with Crippen LogP contribution in [0, 0.1) is 5.92 Å². The Morgan fingerprint density at radius 3 is 2.81 bits per heavy atom. The zero-order valence-corrected chi connectivity index (χ0v) is 14.6. The number of hydrogen-bond donors (Lipinski definition) is 2. The van der Waals surface area contributed by atoms with E-state index in [1.807, 2.05) is 4.90 Å². The van der Waals surface area contributed by atoms with Gasteiger partial charge in [0.15, 0.2) is 5.96 Å². The smallest absolute Gasteiger partial charge is 0.405 e. The average molecular weight is 372 g/mol. The highest BCUT2D eigenvalue weighted by molar-refractivity contribution is 5.80. The summed E-state index contributed by atoms with van der Waals surface area (Å²) in [5.74, 6) is 0.146. The van der Waals surface area contributed by atoms with E-state index in [2.05, 4.69) is 15.0 Å². The van der Waals surface area contributed by atoms with Crippen molar-refractivity contribution in [3.05, 3.63) is 29.8 Å². The zero-order chi connectivity index (χ0) is 19.2. The van der Waals surface area contributed by atoms with Crippen molar-refractivity contribution in [2.24, 2.45) is 16.6 Å². The molecule has 0 aliphatic carbocycles. The molecule has 9 heteroatoms. The van der Waals surface area contributed by atoms with Gasteiger partial charge in [-0.25, -0.2) is 0 Å². The highest BCUT2D eigenvalue weighted by atomic mass is 19.4. The maximum absolute atomic E-state index is 12.5. The molecule has 2 rings (SSSR count). The molecule has 1 saturated heterocycles. The van der Waals surface area contributed by atoms with Crippen molar-refractivity contribution in [2.45, 2.75) is 32.2 Å². The van der Waals surface area contributed by atoms with Gasteiger partial charge in [-0.15, -0.1) is 13.2 Å². The largest absolute Gasteiger partial charge is 0.573 e. The summed E-state index contributed by atoms with van der Waals surface area (Å²) in [4.78, 5) is 17.3. The monoisotopic (exact) mass is 372 g/mol. The Kier molecular flexibility index (Phi) is 6.70. The van der Waals surface area contributed by atoms with Gasteiger partial charge in [-0.1, -0.05) is 18.2 Å². The maximum Gasteiger partial charge on any atom is 0.573 e. The quantitative estimate of drug-likeness (QED) is 0.614. The molecule has 1 fully saturated rings. The average Bonchev–Trinajstić information content (AvgIpc) is 2.55. The first kappa shape index (κ1) is 19.9.